The molecule has 0 rings (SSSR count). The molecule has 0 bridgehead atoms. The van der Waals surface area contributed by atoms with Crippen molar-refractivity contribution in [2.24, 2.45) is 0 Å². The number of carboxylic acids is 2. The third kappa shape index (κ3) is 60.9. The number of rotatable bonds is 4. The van der Waals surface area contributed by atoms with Gasteiger partial charge in [-0.15, -0.1) is 0 Å². The van der Waals surface area contributed by atoms with Crippen LogP contribution >= 0.6 is 0 Å². The quantitative estimate of drug-likeness (QED) is 0.450. The first-order valence-corrected chi connectivity index (χ1v) is 5.79. The summed E-state index contributed by atoms with van der Waals surface area (Å²) in [4.78, 5) is 38.6. The Kier molecular flexibility index (Phi) is 17.0. The Morgan fingerprint density at radius 3 is 1.06 bits per heavy atom. The predicted molar refractivity (Wildman–Crippen MR) is 61.5 cm³/mol. The van der Waals surface area contributed by atoms with Crippen LogP contribution < -0.4 is 10.2 Å². The molecular formula is C11H17AlO6. The van der Waals surface area contributed by atoms with Crippen LogP contribution in [0.25, 0.3) is 0 Å². The minimum atomic E-state index is -1.31. The molecule has 0 amide bonds. The number of hydrogen-bond donors (Lipinski definition) is 0. The van der Waals surface area contributed by atoms with Gasteiger partial charge in [0.15, 0.2) is 0 Å². The summed E-state index contributed by atoms with van der Waals surface area (Å²) in [6.45, 7) is 6.67. The van der Waals surface area contributed by atoms with E-state index in [1.54, 1.807) is 0 Å². The number of carbonyl (C=O) groups is 4. The molecule has 0 atom stereocenters. The number of carbonyl (C=O) groups excluding carboxylic acids is 4. The van der Waals surface area contributed by atoms with Crippen LogP contribution in [0.1, 0.15) is 40.5 Å². The zero-order chi connectivity index (χ0) is 15.3. The van der Waals surface area contributed by atoms with Crippen molar-refractivity contribution in [2.45, 2.75) is 45.3 Å². The molecule has 0 N–H and O–H groups in total. The van der Waals surface area contributed by atoms with Crippen molar-refractivity contribution in [3.63, 3.8) is 0 Å². The molecule has 0 aromatic rings. The van der Waals surface area contributed by atoms with E-state index >= 15 is 0 Å². The summed E-state index contributed by atoms with van der Waals surface area (Å²) >= 11 is 2.66. The van der Waals surface area contributed by atoms with Crippen LogP contribution in [0.2, 0.25) is 4.78 Å². The molecule has 0 unspecified atom stereocenters. The van der Waals surface area contributed by atoms with Gasteiger partial charge in [0.1, 0.15) is 11.6 Å². The maximum absolute atomic E-state index is 9.83. The van der Waals surface area contributed by atoms with Gasteiger partial charge in [-0.05, 0) is 13.8 Å². The molecular weight excluding hydrogens is 255 g/mol. The number of ketones is 2. The third-order valence-electron chi connectivity index (χ3n) is 0.787. The monoisotopic (exact) mass is 272 g/mol. The van der Waals surface area contributed by atoms with E-state index in [2.05, 4.69) is 30.1 Å². The van der Waals surface area contributed by atoms with E-state index in [0.29, 0.717) is 0 Å². The van der Waals surface area contributed by atoms with E-state index in [0.717, 1.165) is 4.78 Å². The Hall–Kier alpha value is -1.19. The second-order valence-corrected chi connectivity index (χ2v) is 5.08. The standard InChI is InChI=1S/2C4H6O3.C3H7.Al/c2*1-3(5)2-4(6)7;1-3-2;/h2*2H2,1H3,(H,6,7);3H,1-2H3;/q;;;+2/p-2. The molecule has 0 aromatic carbocycles. The van der Waals surface area contributed by atoms with Gasteiger partial charge in [-0.3, -0.25) is 9.59 Å². The Morgan fingerprint density at radius 2 is 1.06 bits per heavy atom. The summed E-state index contributed by atoms with van der Waals surface area (Å²) in [5.74, 6) is -3.37. The van der Waals surface area contributed by atoms with Crippen molar-refractivity contribution < 1.29 is 29.4 Å². The molecule has 0 aromatic heterocycles. The van der Waals surface area contributed by atoms with Crippen LogP contribution in [0.15, 0.2) is 0 Å². The molecule has 0 saturated carbocycles. The topological polar surface area (TPSA) is 114 Å². The van der Waals surface area contributed by atoms with Gasteiger partial charge < -0.3 is 19.8 Å². The van der Waals surface area contributed by atoms with Crippen molar-refractivity contribution in [3.8, 4) is 0 Å². The molecule has 0 spiro atoms. The van der Waals surface area contributed by atoms with Crippen LogP contribution in [-0.2, 0) is 19.2 Å². The fourth-order valence-corrected chi connectivity index (χ4v) is 0.407. The number of Topliss-reactive ketones (excluding diaryl/α,β-unsaturated/α-hetero) is 2. The Morgan fingerprint density at radius 1 is 0.889 bits per heavy atom. The predicted octanol–water partition coefficient (Wildman–Crippen LogP) is -1.59. The first-order valence-electron chi connectivity index (χ1n) is 5.13. The van der Waals surface area contributed by atoms with E-state index in [9.17, 15) is 29.4 Å². The summed E-state index contributed by atoms with van der Waals surface area (Å²) in [6, 6.07) is 0. The fourth-order valence-electron chi connectivity index (χ4n) is 0.407. The molecule has 0 aliphatic heterocycles. The fraction of sp³-hybridized carbons (Fsp3) is 0.636. The Bertz CT molecular complexity index is 233. The first-order chi connectivity index (χ1) is 7.98. The average molecular weight is 272 g/mol. The van der Waals surface area contributed by atoms with Crippen LogP contribution in [0, 0.1) is 0 Å². The van der Waals surface area contributed by atoms with Gasteiger partial charge in [-0.25, -0.2) is 0 Å². The van der Waals surface area contributed by atoms with E-state index in [-0.39, 0.29) is 11.6 Å². The van der Waals surface area contributed by atoms with Gasteiger partial charge in [0.2, 0.25) is 0 Å². The summed E-state index contributed by atoms with van der Waals surface area (Å²) in [5.41, 5.74) is 0. The molecule has 18 heavy (non-hydrogen) atoms. The molecule has 100 valence electrons. The summed E-state index contributed by atoms with van der Waals surface area (Å²) in [6.07, 6.45) is -0.944. The molecule has 0 fully saturated rings. The minimum absolute atomic E-state index is 0.375. The molecule has 0 aliphatic carbocycles. The number of hydrogen-bond acceptors (Lipinski definition) is 6. The first kappa shape index (κ1) is 22.0. The van der Waals surface area contributed by atoms with Gasteiger partial charge >= 0.3 is 34.9 Å². The molecule has 0 aliphatic rings. The second-order valence-electron chi connectivity index (χ2n) is 3.75. The van der Waals surface area contributed by atoms with E-state index in [4.69, 9.17) is 0 Å². The van der Waals surface area contributed by atoms with Crippen molar-refractivity contribution in [3.05, 3.63) is 0 Å². The zero-order valence-electron chi connectivity index (χ0n) is 11.0. The Balaban J connectivity index is -0.000000196. The van der Waals surface area contributed by atoms with Crippen LogP contribution in [0.3, 0.4) is 0 Å². The normalized spacial score (nSPS) is 8.39. The van der Waals surface area contributed by atoms with Crippen LogP contribution in [0.5, 0.6) is 0 Å². The molecule has 0 radical (unpaired) electrons. The number of aliphatic carboxylic acids is 2. The molecule has 0 saturated heterocycles. The van der Waals surface area contributed by atoms with E-state index in [1.807, 2.05) is 0 Å². The number of carboxylic acid groups (broad SMARTS) is 2. The van der Waals surface area contributed by atoms with Crippen molar-refractivity contribution in [2.75, 3.05) is 0 Å². The molecule has 6 nitrogen and oxygen atoms in total. The van der Waals surface area contributed by atoms with E-state index < -0.39 is 24.8 Å². The van der Waals surface area contributed by atoms with Crippen LogP contribution in [0.4, 0.5) is 0 Å². The van der Waals surface area contributed by atoms with Gasteiger partial charge in [-0.2, -0.15) is 0 Å². The van der Waals surface area contributed by atoms with Gasteiger partial charge in [0.05, 0.1) is 0 Å². The summed E-state index contributed by atoms with van der Waals surface area (Å²) in [7, 11) is 0. The molecule has 0 heterocycles. The second kappa shape index (κ2) is 13.9. The van der Waals surface area contributed by atoms with Gasteiger partial charge in [0, 0.05) is 24.8 Å². The summed E-state index contributed by atoms with van der Waals surface area (Å²) in [5, 5.41) is 19.0. The zero-order valence-corrected chi connectivity index (χ0v) is 12.2. The van der Waals surface area contributed by atoms with Gasteiger partial charge in [-0.1, -0.05) is 0 Å². The third-order valence-corrected chi connectivity index (χ3v) is 0.787. The van der Waals surface area contributed by atoms with E-state index in [1.165, 1.54) is 13.8 Å². The van der Waals surface area contributed by atoms with Crippen molar-refractivity contribution >= 4 is 39.8 Å². The van der Waals surface area contributed by atoms with Crippen LogP contribution in [-0.4, -0.2) is 39.8 Å². The summed E-state index contributed by atoms with van der Waals surface area (Å²) < 4.78 is 0.750. The van der Waals surface area contributed by atoms with Gasteiger partial charge in [0.25, 0.3) is 0 Å². The van der Waals surface area contributed by atoms with Crippen molar-refractivity contribution in [1.29, 1.82) is 0 Å². The SMILES string of the molecule is CC(=O)CC(=O)[O-].CC(=O)CC(=O)[O-].C[CH](C)[Al+2]. The average Bonchev–Trinajstić information content (AvgIpc) is 1.96. The Labute approximate surface area is 115 Å². The van der Waals surface area contributed by atoms with Crippen molar-refractivity contribution in [1.82, 2.24) is 0 Å². The molecule has 7 heteroatoms. The maximum atomic E-state index is 9.83.